The monoisotopic (exact) mass is 246 g/mol. The summed E-state index contributed by atoms with van der Waals surface area (Å²) < 4.78 is 0. The van der Waals surface area contributed by atoms with E-state index in [4.69, 9.17) is 5.26 Å². The van der Waals surface area contributed by atoms with Crippen LogP contribution < -0.4 is 5.32 Å². The van der Waals surface area contributed by atoms with E-state index < -0.39 is 0 Å². The van der Waals surface area contributed by atoms with Gasteiger partial charge in [-0.2, -0.15) is 5.26 Å². The van der Waals surface area contributed by atoms with Gasteiger partial charge in [-0.1, -0.05) is 12.1 Å². The zero-order chi connectivity index (χ0) is 14.0. The molecule has 0 saturated carbocycles. The molecule has 1 N–H and O–H groups in total. The second-order valence-electron chi connectivity index (χ2n) is 5.01. The molecule has 0 unspecified atom stereocenters. The average molecular weight is 246 g/mol. The summed E-state index contributed by atoms with van der Waals surface area (Å²) >= 11 is 0. The number of nitriles is 1. The Bertz CT molecular complexity index is 382. The Balaban J connectivity index is 0.000000411. The van der Waals surface area contributed by atoms with Crippen LogP contribution >= 0.6 is 0 Å². The Morgan fingerprint density at radius 2 is 1.78 bits per heavy atom. The average Bonchev–Trinajstić information content (AvgIpc) is 2.37. The molecule has 0 aliphatic rings. The number of aldehydes is 1. The molecule has 3 heteroatoms. The van der Waals surface area contributed by atoms with Crippen LogP contribution in [0.15, 0.2) is 24.3 Å². The molecule has 0 radical (unpaired) electrons. The van der Waals surface area contributed by atoms with Gasteiger partial charge in [-0.05, 0) is 51.9 Å². The SMILES string of the molecule is CNC(C)(C)C.N#Cc1ccc(CCC=O)cc1. The molecule has 0 spiro atoms. The Labute approximate surface area is 110 Å². The van der Waals surface area contributed by atoms with Crippen molar-refractivity contribution < 1.29 is 4.79 Å². The molecule has 0 aliphatic heterocycles. The Morgan fingerprint density at radius 3 is 2.11 bits per heavy atom. The van der Waals surface area contributed by atoms with Gasteiger partial charge in [-0.15, -0.1) is 0 Å². The summed E-state index contributed by atoms with van der Waals surface area (Å²) in [5, 5.41) is 11.6. The van der Waals surface area contributed by atoms with Gasteiger partial charge in [0.1, 0.15) is 6.29 Å². The first-order valence-corrected chi connectivity index (χ1v) is 6.04. The molecule has 0 amide bonds. The van der Waals surface area contributed by atoms with Gasteiger partial charge in [0.05, 0.1) is 11.6 Å². The lowest BCUT2D eigenvalue weighted by molar-refractivity contribution is -0.107. The highest BCUT2D eigenvalue weighted by Gasteiger charge is 2.01. The van der Waals surface area contributed by atoms with Crippen molar-refractivity contribution in [3.8, 4) is 6.07 Å². The van der Waals surface area contributed by atoms with E-state index >= 15 is 0 Å². The van der Waals surface area contributed by atoms with Crippen molar-refractivity contribution in [3.63, 3.8) is 0 Å². The van der Waals surface area contributed by atoms with E-state index in [9.17, 15) is 4.79 Å². The van der Waals surface area contributed by atoms with Crippen molar-refractivity contribution in [1.29, 1.82) is 5.26 Å². The number of nitrogens with one attached hydrogen (secondary N) is 1. The van der Waals surface area contributed by atoms with Crippen LogP contribution in [0, 0.1) is 11.3 Å². The Kier molecular flexibility index (Phi) is 7.66. The van der Waals surface area contributed by atoms with Crippen molar-refractivity contribution in [1.82, 2.24) is 5.32 Å². The molecule has 0 aromatic heterocycles. The van der Waals surface area contributed by atoms with Crippen LogP contribution in [0.2, 0.25) is 0 Å². The van der Waals surface area contributed by atoms with Gasteiger partial charge >= 0.3 is 0 Å². The van der Waals surface area contributed by atoms with Crippen molar-refractivity contribution in [2.45, 2.75) is 39.2 Å². The number of carbonyl (C=O) groups excluding carboxylic acids is 1. The number of nitrogens with zero attached hydrogens (tertiary/aromatic N) is 1. The second kappa shape index (κ2) is 8.43. The Hall–Kier alpha value is -1.66. The zero-order valence-electron chi connectivity index (χ0n) is 11.7. The minimum absolute atomic E-state index is 0.292. The fourth-order valence-corrected chi connectivity index (χ4v) is 0.972. The zero-order valence-corrected chi connectivity index (χ0v) is 11.7. The van der Waals surface area contributed by atoms with Crippen LogP contribution in [0.1, 0.15) is 38.3 Å². The summed E-state index contributed by atoms with van der Waals surface area (Å²) in [6, 6.07) is 9.32. The standard InChI is InChI=1S/C10H9NO.C5H13N/c11-8-10-5-3-9(4-6-10)2-1-7-12;1-5(2,3)6-4/h3-7H,1-2H2;6H,1-4H3. The summed E-state index contributed by atoms with van der Waals surface area (Å²) in [7, 11) is 1.96. The third-order valence-corrected chi connectivity index (χ3v) is 2.38. The molecule has 1 aromatic carbocycles. The summed E-state index contributed by atoms with van der Waals surface area (Å²) in [5.41, 5.74) is 2.05. The summed E-state index contributed by atoms with van der Waals surface area (Å²) in [5.74, 6) is 0. The quantitative estimate of drug-likeness (QED) is 0.834. The van der Waals surface area contributed by atoms with E-state index in [1.54, 1.807) is 12.1 Å². The lowest BCUT2D eigenvalue weighted by atomic mass is 10.1. The molecule has 3 nitrogen and oxygen atoms in total. The van der Waals surface area contributed by atoms with E-state index in [0.717, 1.165) is 18.3 Å². The van der Waals surface area contributed by atoms with Gasteiger partial charge in [0.15, 0.2) is 0 Å². The van der Waals surface area contributed by atoms with Crippen LogP contribution in [-0.2, 0) is 11.2 Å². The first kappa shape index (κ1) is 16.3. The second-order valence-corrected chi connectivity index (χ2v) is 5.01. The maximum atomic E-state index is 10.0. The molecule has 1 aromatic rings. The first-order valence-electron chi connectivity index (χ1n) is 6.04. The smallest absolute Gasteiger partial charge is 0.120 e. The number of aryl methyl sites for hydroxylation is 1. The maximum absolute atomic E-state index is 10.0. The predicted octanol–water partition coefficient (Wildman–Crippen LogP) is 2.69. The van der Waals surface area contributed by atoms with Gasteiger partial charge in [0.2, 0.25) is 0 Å². The maximum Gasteiger partial charge on any atom is 0.120 e. The van der Waals surface area contributed by atoms with E-state index in [-0.39, 0.29) is 0 Å². The molecule has 0 saturated heterocycles. The number of hydrogen-bond donors (Lipinski definition) is 1. The lowest BCUT2D eigenvalue weighted by Gasteiger charge is -2.15. The van der Waals surface area contributed by atoms with E-state index in [2.05, 4.69) is 26.1 Å². The molecule has 0 aliphatic carbocycles. The van der Waals surface area contributed by atoms with Crippen LogP contribution in [-0.4, -0.2) is 18.9 Å². The van der Waals surface area contributed by atoms with Crippen molar-refractivity contribution in [2.24, 2.45) is 0 Å². The molecular weight excluding hydrogens is 224 g/mol. The first-order chi connectivity index (χ1) is 8.42. The van der Waals surface area contributed by atoms with Gasteiger partial charge in [-0.25, -0.2) is 0 Å². The number of benzene rings is 1. The van der Waals surface area contributed by atoms with E-state index in [1.807, 2.05) is 25.2 Å². The summed E-state index contributed by atoms with van der Waals surface area (Å²) in [4.78, 5) is 10.0. The third-order valence-electron chi connectivity index (χ3n) is 2.38. The van der Waals surface area contributed by atoms with Crippen LogP contribution in [0.25, 0.3) is 0 Å². The third kappa shape index (κ3) is 8.49. The van der Waals surface area contributed by atoms with Crippen molar-refractivity contribution in [3.05, 3.63) is 35.4 Å². The predicted molar refractivity (Wildman–Crippen MR) is 74.4 cm³/mol. The van der Waals surface area contributed by atoms with Crippen molar-refractivity contribution >= 4 is 6.29 Å². The largest absolute Gasteiger partial charge is 0.315 e. The molecule has 0 fully saturated rings. The fraction of sp³-hybridized carbons (Fsp3) is 0.467. The van der Waals surface area contributed by atoms with E-state index in [0.29, 0.717) is 17.5 Å². The Morgan fingerprint density at radius 1 is 1.28 bits per heavy atom. The number of carbonyl (C=O) groups is 1. The number of hydrogen-bond acceptors (Lipinski definition) is 3. The molecule has 1 rings (SSSR count). The molecule has 0 atom stereocenters. The molecular formula is C15H22N2O. The minimum atomic E-state index is 0.292. The minimum Gasteiger partial charge on any atom is -0.315 e. The van der Waals surface area contributed by atoms with Crippen molar-refractivity contribution in [2.75, 3.05) is 7.05 Å². The van der Waals surface area contributed by atoms with E-state index in [1.165, 1.54) is 0 Å². The lowest BCUT2D eigenvalue weighted by Crippen LogP contribution is -2.31. The van der Waals surface area contributed by atoms with Crippen LogP contribution in [0.5, 0.6) is 0 Å². The highest BCUT2D eigenvalue weighted by atomic mass is 16.1. The van der Waals surface area contributed by atoms with Gasteiger partial charge < -0.3 is 10.1 Å². The molecule has 18 heavy (non-hydrogen) atoms. The normalized spacial score (nSPS) is 9.94. The van der Waals surface area contributed by atoms with Gasteiger partial charge in [0, 0.05) is 12.0 Å². The molecule has 98 valence electrons. The highest BCUT2D eigenvalue weighted by Crippen LogP contribution is 2.04. The van der Waals surface area contributed by atoms with Gasteiger partial charge in [0.25, 0.3) is 0 Å². The number of rotatable bonds is 3. The van der Waals surface area contributed by atoms with Crippen LogP contribution in [0.3, 0.4) is 0 Å². The highest BCUT2D eigenvalue weighted by molar-refractivity contribution is 5.50. The topological polar surface area (TPSA) is 52.9 Å². The summed E-state index contributed by atoms with van der Waals surface area (Å²) in [6.45, 7) is 6.40. The van der Waals surface area contributed by atoms with Gasteiger partial charge in [-0.3, -0.25) is 0 Å². The fourth-order valence-electron chi connectivity index (χ4n) is 0.972. The van der Waals surface area contributed by atoms with Crippen LogP contribution in [0.4, 0.5) is 0 Å². The molecule has 0 bridgehead atoms. The molecule has 0 heterocycles. The summed E-state index contributed by atoms with van der Waals surface area (Å²) in [6.07, 6.45) is 2.21.